The van der Waals surface area contributed by atoms with Gasteiger partial charge in [0.05, 0.1) is 12.3 Å². The number of carbonyl (C=O) groups excluding carboxylic acids is 1. The molecule has 17 heavy (non-hydrogen) atoms. The SMILES string of the molecule is CCn1nc(C)cc1C(=O)NCC1(CO)CC1. The maximum absolute atomic E-state index is 12.0. The molecule has 0 radical (unpaired) electrons. The van der Waals surface area contributed by atoms with Gasteiger partial charge >= 0.3 is 0 Å². The van der Waals surface area contributed by atoms with Crippen LogP contribution >= 0.6 is 0 Å². The Labute approximate surface area is 101 Å². The van der Waals surface area contributed by atoms with Crippen molar-refractivity contribution in [2.45, 2.75) is 33.2 Å². The highest BCUT2D eigenvalue weighted by atomic mass is 16.3. The third-order valence-corrected chi connectivity index (χ3v) is 3.35. The Bertz CT molecular complexity index is 421. The van der Waals surface area contributed by atoms with Crippen molar-refractivity contribution < 1.29 is 9.90 Å². The Balaban J connectivity index is 1.99. The Morgan fingerprint density at radius 1 is 1.65 bits per heavy atom. The van der Waals surface area contributed by atoms with Crippen LogP contribution in [0, 0.1) is 12.3 Å². The van der Waals surface area contributed by atoms with Crippen LogP contribution in [-0.2, 0) is 6.54 Å². The van der Waals surface area contributed by atoms with Crippen LogP contribution in [0.5, 0.6) is 0 Å². The van der Waals surface area contributed by atoms with Crippen LogP contribution in [0.2, 0.25) is 0 Å². The molecule has 1 heterocycles. The van der Waals surface area contributed by atoms with Crippen molar-refractivity contribution in [1.29, 1.82) is 0 Å². The zero-order valence-corrected chi connectivity index (χ0v) is 10.4. The van der Waals surface area contributed by atoms with E-state index in [0.29, 0.717) is 18.8 Å². The normalized spacial score (nSPS) is 16.9. The van der Waals surface area contributed by atoms with Gasteiger partial charge in [-0.2, -0.15) is 5.10 Å². The van der Waals surface area contributed by atoms with Crippen LogP contribution in [0.4, 0.5) is 0 Å². The number of amides is 1. The van der Waals surface area contributed by atoms with Crippen molar-refractivity contribution in [2.24, 2.45) is 5.41 Å². The van der Waals surface area contributed by atoms with E-state index in [9.17, 15) is 9.90 Å². The van der Waals surface area contributed by atoms with Gasteiger partial charge in [0, 0.05) is 18.5 Å². The van der Waals surface area contributed by atoms with Gasteiger partial charge in [-0.1, -0.05) is 0 Å². The molecule has 2 rings (SSSR count). The van der Waals surface area contributed by atoms with Crippen molar-refractivity contribution in [2.75, 3.05) is 13.2 Å². The van der Waals surface area contributed by atoms with Crippen LogP contribution in [0.25, 0.3) is 0 Å². The van der Waals surface area contributed by atoms with E-state index in [0.717, 1.165) is 18.5 Å². The molecule has 0 unspecified atom stereocenters. The molecule has 0 aromatic carbocycles. The molecule has 0 saturated heterocycles. The number of nitrogens with one attached hydrogen (secondary N) is 1. The van der Waals surface area contributed by atoms with Gasteiger partial charge in [-0.25, -0.2) is 0 Å². The lowest BCUT2D eigenvalue weighted by molar-refractivity contribution is 0.0924. The van der Waals surface area contributed by atoms with Crippen molar-refractivity contribution in [1.82, 2.24) is 15.1 Å². The summed E-state index contributed by atoms with van der Waals surface area (Å²) in [5.74, 6) is -0.104. The molecule has 1 aromatic rings. The summed E-state index contributed by atoms with van der Waals surface area (Å²) < 4.78 is 1.70. The Morgan fingerprint density at radius 2 is 2.35 bits per heavy atom. The average molecular weight is 237 g/mol. The van der Waals surface area contributed by atoms with Crippen molar-refractivity contribution in [3.63, 3.8) is 0 Å². The van der Waals surface area contributed by atoms with Crippen molar-refractivity contribution >= 4 is 5.91 Å². The zero-order valence-electron chi connectivity index (χ0n) is 10.4. The maximum atomic E-state index is 12.0. The first-order valence-electron chi connectivity index (χ1n) is 6.04. The molecule has 1 fully saturated rings. The predicted molar refractivity (Wildman–Crippen MR) is 63.7 cm³/mol. The van der Waals surface area contributed by atoms with E-state index in [4.69, 9.17) is 0 Å². The van der Waals surface area contributed by atoms with Crippen LogP contribution in [0.3, 0.4) is 0 Å². The number of carbonyl (C=O) groups is 1. The van der Waals surface area contributed by atoms with E-state index in [1.54, 1.807) is 10.7 Å². The highest BCUT2D eigenvalue weighted by Crippen LogP contribution is 2.44. The quantitative estimate of drug-likeness (QED) is 0.792. The Kier molecular flexibility index (Phi) is 3.19. The maximum Gasteiger partial charge on any atom is 0.269 e. The number of aryl methyl sites for hydroxylation is 2. The minimum atomic E-state index is -0.104. The van der Waals surface area contributed by atoms with E-state index in [2.05, 4.69) is 10.4 Å². The van der Waals surface area contributed by atoms with Crippen LogP contribution in [0.15, 0.2) is 6.07 Å². The van der Waals surface area contributed by atoms with Crippen molar-refractivity contribution in [3.05, 3.63) is 17.5 Å². The number of aliphatic hydroxyl groups excluding tert-OH is 1. The first-order chi connectivity index (χ1) is 8.10. The van der Waals surface area contributed by atoms with Crippen molar-refractivity contribution in [3.8, 4) is 0 Å². The van der Waals surface area contributed by atoms with Gasteiger partial charge in [-0.05, 0) is 32.8 Å². The van der Waals surface area contributed by atoms with Gasteiger partial charge < -0.3 is 10.4 Å². The average Bonchev–Trinajstić information content (AvgIpc) is 3.02. The summed E-state index contributed by atoms with van der Waals surface area (Å²) in [6, 6.07) is 1.79. The molecule has 1 aliphatic carbocycles. The molecule has 5 nitrogen and oxygen atoms in total. The monoisotopic (exact) mass is 237 g/mol. The summed E-state index contributed by atoms with van der Waals surface area (Å²) in [5.41, 5.74) is 1.39. The molecular weight excluding hydrogens is 218 g/mol. The lowest BCUT2D eigenvalue weighted by Gasteiger charge is -2.12. The van der Waals surface area contributed by atoms with Gasteiger partial charge in [-0.3, -0.25) is 9.48 Å². The summed E-state index contributed by atoms with van der Waals surface area (Å²) >= 11 is 0. The Hall–Kier alpha value is -1.36. The predicted octanol–water partition coefficient (Wildman–Crippen LogP) is 0.714. The molecular formula is C12H19N3O2. The summed E-state index contributed by atoms with van der Waals surface area (Å²) in [7, 11) is 0. The standard InChI is InChI=1S/C12H19N3O2/c1-3-15-10(6-9(2)14-15)11(17)13-7-12(8-16)4-5-12/h6,16H,3-5,7-8H2,1-2H3,(H,13,17). The first-order valence-corrected chi connectivity index (χ1v) is 6.04. The topological polar surface area (TPSA) is 67.2 Å². The van der Waals surface area contributed by atoms with Gasteiger partial charge in [-0.15, -0.1) is 0 Å². The highest BCUT2D eigenvalue weighted by molar-refractivity contribution is 5.92. The lowest BCUT2D eigenvalue weighted by atomic mass is 10.1. The lowest BCUT2D eigenvalue weighted by Crippen LogP contribution is -2.33. The second kappa shape index (κ2) is 4.49. The van der Waals surface area contributed by atoms with E-state index < -0.39 is 0 Å². The molecule has 1 amide bonds. The fraction of sp³-hybridized carbons (Fsp3) is 0.667. The molecule has 1 saturated carbocycles. The number of aromatic nitrogens is 2. The smallest absolute Gasteiger partial charge is 0.269 e. The number of rotatable bonds is 5. The van der Waals surface area contributed by atoms with E-state index in [1.165, 1.54) is 0 Å². The van der Waals surface area contributed by atoms with Crippen LogP contribution in [-0.4, -0.2) is 33.9 Å². The van der Waals surface area contributed by atoms with Crippen LogP contribution in [0.1, 0.15) is 35.9 Å². The largest absolute Gasteiger partial charge is 0.396 e. The van der Waals surface area contributed by atoms with E-state index in [1.807, 2.05) is 13.8 Å². The second-order valence-corrected chi connectivity index (χ2v) is 4.83. The molecule has 1 aliphatic rings. The summed E-state index contributed by atoms with van der Waals surface area (Å²) in [4.78, 5) is 12.0. The number of hydrogen-bond donors (Lipinski definition) is 2. The summed E-state index contributed by atoms with van der Waals surface area (Å²) in [5, 5.41) is 16.3. The molecule has 0 spiro atoms. The summed E-state index contributed by atoms with van der Waals surface area (Å²) in [6.07, 6.45) is 1.99. The molecule has 0 bridgehead atoms. The molecule has 1 aromatic heterocycles. The van der Waals surface area contributed by atoms with Gasteiger partial charge in [0.15, 0.2) is 0 Å². The van der Waals surface area contributed by atoms with E-state index in [-0.39, 0.29) is 17.9 Å². The van der Waals surface area contributed by atoms with Gasteiger partial charge in [0.25, 0.3) is 5.91 Å². The number of nitrogens with zero attached hydrogens (tertiary/aromatic N) is 2. The second-order valence-electron chi connectivity index (χ2n) is 4.83. The minimum absolute atomic E-state index is 0.0538. The molecule has 0 atom stereocenters. The number of aliphatic hydroxyl groups is 1. The highest BCUT2D eigenvalue weighted by Gasteiger charge is 2.42. The first kappa shape index (κ1) is 12.1. The Morgan fingerprint density at radius 3 is 2.88 bits per heavy atom. The molecule has 0 aliphatic heterocycles. The fourth-order valence-electron chi connectivity index (χ4n) is 1.90. The summed E-state index contributed by atoms with van der Waals surface area (Å²) in [6.45, 7) is 5.22. The third-order valence-electron chi connectivity index (χ3n) is 3.35. The number of hydrogen-bond acceptors (Lipinski definition) is 3. The molecule has 94 valence electrons. The third kappa shape index (κ3) is 2.49. The molecule has 2 N–H and O–H groups in total. The fourth-order valence-corrected chi connectivity index (χ4v) is 1.90. The minimum Gasteiger partial charge on any atom is -0.396 e. The van der Waals surface area contributed by atoms with Gasteiger partial charge in [0.1, 0.15) is 5.69 Å². The van der Waals surface area contributed by atoms with Crippen LogP contribution < -0.4 is 5.32 Å². The molecule has 5 heteroatoms. The van der Waals surface area contributed by atoms with E-state index >= 15 is 0 Å². The zero-order chi connectivity index (χ0) is 12.5. The van der Waals surface area contributed by atoms with Gasteiger partial charge in [0.2, 0.25) is 0 Å².